The van der Waals surface area contributed by atoms with E-state index in [0.29, 0.717) is 23.5 Å². The Balaban J connectivity index is 1.49. The summed E-state index contributed by atoms with van der Waals surface area (Å²) < 4.78 is 7.52. The number of nitro groups is 1. The zero-order valence-electron chi connectivity index (χ0n) is 18.4. The second-order valence-corrected chi connectivity index (χ2v) is 7.91. The van der Waals surface area contributed by atoms with Gasteiger partial charge in [-0.15, -0.1) is 0 Å². The smallest absolute Gasteiger partial charge is 0.312 e. The van der Waals surface area contributed by atoms with Gasteiger partial charge in [0.2, 0.25) is 0 Å². The van der Waals surface area contributed by atoms with Crippen LogP contribution in [0.3, 0.4) is 0 Å². The number of hydrogen-bond acceptors (Lipinski definition) is 5. The van der Waals surface area contributed by atoms with Gasteiger partial charge in [0.25, 0.3) is 5.91 Å². The Morgan fingerprint density at radius 1 is 1.19 bits per heavy atom. The lowest BCUT2D eigenvalue weighted by Gasteiger charge is -2.23. The van der Waals surface area contributed by atoms with Crippen molar-refractivity contribution >= 4 is 22.6 Å². The van der Waals surface area contributed by atoms with Gasteiger partial charge in [0, 0.05) is 18.0 Å². The van der Waals surface area contributed by atoms with Crippen molar-refractivity contribution in [2.45, 2.75) is 33.4 Å². The SMILES string of the molecule is Cc1nn(Cc2ccc(C(=O)N(C)C(C)c3cc4ccccc4o3)cc2)c(C)c1[N+](=O)[O-]. The number of nitrogens with zero attached hydrogens (tertiary/aromatic N) is 4. The summed E-state index contributed by atoms with van der Waals surface area (Å²) >= 11 is 0. The maximum Gasteiger partial charge on any atom is 0.312 e. The molecule has 1 amide bonds. The zero-order valence-corrected chi connectivity index (χ0v) is 18.4. The van der Waals surface area contributed by atoms with Gasteiger partial charge in [-0.1, -0.05) is 30.3 Å². The number of aryl methyl sites for hydroxylation is 1. The van der Waals surface area contributed by atoms with Gasteiger partial charge in [-0.25, -0.2) is 0 Å². The van der Waals surface area contributed by atoms with Crippen LogP contribution in [-0.4, -0.2) is 32.6 Å². The molecule has 0 spiro atoms. The fraction of sp³-hybridized carbons (Fsp3) is 0.250. The van der Waals surface area contributed by atoms with Crippen molar-refractivity contribution in [3.63, 3.8) is 0 Å². The van der Waals surface area contributed by atoms with Crippen molar-refractivity contribution in [1.82, 2.24) is 14.7 Å². The molecule has 1 unspecified atom stereocenters. The van der Waals surface area contributed by atoms with Crippen LogP contribution < -0.4 is 0 Å². The second-order valence-electron chi connectivity index (χ2n) is 7.91. The standard InChI is InChI=1S/C24H24N4O4/c1-15-23(28(30)31)17(3)27(25-15)14-18-9-11-19(12-10-18)24(29)26(4)16(2)22-13-20-7-5-6-8-21(20)32-22/h5-13,16H,14H2,1-4H3. The lowest BCUT2D eigenvalue weighted by atomic mass is 10.1. The van der Waals surface area contributed by atoms with Crippen molar-refractivity contribution in [2.24, 2.45) is 0 Å². The van der Waals surface area contributed by atoms with E-state index >= 15 is 0 Å². The second kappa shape index (κ2) is 8.30. The first kappa shape index (κ1) is 21.3. The molecule has 2 aromatic carbocycles. The van der Waals surface area contributed by atoms with Crippen LogP contribution in [0.1, 0.15) is 46.0 Å². The molecule has 2 aromatic heterocycles. The number of amides is 1. The molecule has 164 valence electrons. The van der Waals surface area contributed by atoms with Crippen molar-refractivity contribution in [3.05, 3.63) is 93.0 Å². The third kappa shape index (κ3) is 3.87. The van der Waals surface area contributed by atoms with Crippen molar-refractivity contribution in [2.75, 3.05) is 7.05 Å². The van der Waals surface area contributed by atoms with E-state index in [1.54, 1.807) is 42.6 Å². The van der Waals surface area contributed by atoms with Crippen LogP contribution in [0.25, 0.3) is 11.0 Å². The molecule has 0 fully saturated rings. The quantitative estimate of drug-likeness (QED) is 0.314. The van der Waals surface area contributed by atoms with Crippen LogP contribution in [0.15, 0.2) is 59.0 Å². The van der Waals surface area contributed by atoms with E-state index in [-0.39, 0.29) is 17.6 Å². The Labute approximate surface area is 185 Å². The Kier molecular flexibility index (Phi) is 5.52. The fourth-order valence-corrected chi connectivity index (χ4v) is 3.81. The van der Waals surface area contributed by atoms with Gasteiger partial charge >= 0.3 is 5.69 Å². The number of rotatable bonds is 6. The molecule has 4 aromatic rings. The number of fused-ring (bicyclic) bond motifs is 1. The van der Waals surface area contributed by atoms with Crippen molar-refractivity contribution in [3.8, 4) is 0 Å². The molecular formula is C24H24N4O4. The molecule has 32 heavy (non-hydrogen) atoms. The van der Waals surface area contributed by atoms with Gasteiger partial charge in [0.15, 0.2) is 0 Å². The van der Waals surface area contributed by atoms with Gasteiger partial charge in [-0.05, 0) is 50.6 Å². The number of carbonyl (C=O) groups is 1. The summed E-state index contributed by atoms with van der Waals surface area (Å²) in [6.45, 7) is 5.63. The van der Waals surface area contributed by atoms with E-state index in [2.05, 4.69) is 5.10 Å². The van der Waals surface area contributed by atoms with Gasteiger partial charge in [0.05, 0.1) is 17.5 Å². The van der Waals surface area contributed by atoms with Crippen LogP contribution in [-0.2, 0) is 6.54 Å². The Bertz CT molecular complexity index is 1270. The first-order valence-electron chi connectivity index (χ1n) is 10.3. The van der Waals surface area contributed by atoms with Gasteiger partial charge in [0.1, 0.15) is 22.7 Å². The van der Waals surface area contributed by atoms with Crippen LogP contribution in [0.2, 0.25) is 0 Å². The molecule has 0 aliphatic rings. The molecule has 0 bridgehead atoms. The molecule has 0 aliphatic heterocycles. The summed E-state index contributed by atoms with van der Waals surface area (Å²) in [5, 5.41) is 16.5. The van der Waals surface area contributed by atoms with E-state index in [9.17, 15) is 14.9 Å². The summed E-state index contributed by atoms with van der Waals surface area (Å²) in [4.78, 5) is 25.5. The van der Waals surface area contributed by atoms with Gasteiger partial charge < -0.3 is 9.32 Å². The highest BCUT2D eigenvalue weighted by molar-refractivity contribution is 5.94. The third-order valence-corrected chi connectivity index (χ3v) is 5.82. The largest absolute Gasteiger partial charge is 0.459 e. The summed E-state index contributed by atoms with van der Waals surface area (Å²) in [6.07, 6.45) is 0. The van der Waals surface area contributed by atoms with Crippen LogP contribution in [0.4, 0.5) is 5.69 Å². The number of furan rings is 1. The maximum absolute atomic E-state index is 13.0. The fourth-order valence-electron chi connectivity index (χ4n) is 3.81. The Morgan fingerprint density at radius 2 is 1.88 bits per heavy atom. The lowest BCUT2D eigenvalue weighted by molar-refractivity contribution is -0.386. The summed E-state index contributed by atoms with van der Waals surface area (Å²) in [5.41, 5.74) is 3.18. The number of aromatic nitrogens is 2. The van der Waals surface area contributed by atoms with E-state index in [1.165, 1.54) is 0 Å². The molecule has 0 saturated carbocycles. The average molecular weight is 432 g/mol. The first-order chi connectivity index (χ1) is 15.3. The first-order valence-corrected chi connectivity index (χ1v) is 10.3. The predicted octanol–water partition coefficient (Wildman–Crippen LogP) is 5.04. The molecule has 0 saturated heterocycles. The van der Waals surface area contributed by atoms with E-state index in [0.717, 1.165) is 22.3 Å². The number of carbonyl (C=O) groups excluding carboxylic acids is 1. The normalized spacial score (nSPS) is 12.1. The number of hydrogen-bond donors (Lipinski definition) is 0. The van der Waals surface area contributed by atoms with Gasteiger partial charge in [-0.3, -0.25) is 19.6 Å². The molecule has 8 nitrogen and oxygen atoms in total. The summed E-state index contributed by atoms with van der Waals surface area (Å²) in [5.74, 6) is 0.607. The zero-order chi connectivity index (χ0) is 23.0. The third-order valence-electron chi connectivity index (χ3n) is 5.82. The van der Waals surface area contributed by atoms with Crippen molar-refractivity contribution in [1.29, 1.82) is 0 Å². The number of benzene rings is 2. The minimum atomic E-state index is -0.408. The molecule has 8 heteroatoms. The van der Waals surface area contributed by atoms with Crippen molar-refractivity contribution < 1.29 is 14.1 Å². The highest BCUT2D eigenvalue weighted by atomic mass is 16.6. The summed E-state index contributed by atoms with van der Waals surface area (Å²) in [7, 11) is 1.75. The number of para-hydroxylation sites is 1. The summed E-state index contributed by atoms with van der Waals surface area (Å²) in [6, 6.07) is 16.7. The molecule has 0 N–H and O–H groups in total. The molecule has 2 heterocycles. The van der Waals surface area contributed by atoms with Crippen LogP contribution >= 0.6 is 0 Å². The molecule has 4 rings (SSSR count). The van der Waals surface area contributed by atoms with Crippen LogP contribution in [0, 0.1) is 24.0 Å². The highest BCUT2D eigenvalue weighted by Crippen LogP contribution is 2.28. The Morgan fingerprint density at radius 3 is 2.50 bits per heavy atom. The minimum Gasteiger partial charge on any atom is -0.459 e. The minimum absolute atomic E-state index is 0.0398. The lowest BCUT2D eigenvalue weighted by Crippen LogP contribution is -2.29. The van der Waals surface area contributed by atoms with E-state index < -0.39 is 4.92 Å². The Hall–Kier alpha value is -3.94. The molecule has 1 atom stereocenters. The maximum atomic E-state index is 13.0. The molecule has 0 radical (unpaired) electrons. The molecular weight excluding hydrogens is 408 g/mol. The molecule has 0 aliphatic carbocycles. The van der Waals surface area contributed by atoms with E-state index in [4.69, 9.17) is 4.42 Å². The highest BCUT2D eigenvalue weighted by Gasteiger charge is 2.23. The van der Waals surface area contributed by atoms with E-state index in [1.807, 2.05) is 49.4 Å². The predicted molar refractivity (Wildman–Crippen MR) is 121 cm³/mol. The van der Waals surface area contributed by atoms with Crippen LogP contribution in [0.5, 0.6) is 0 Å². The topological polar surface area (TPSA) is 94.4 Å². The average Bonchev–Trinajstić information content (AvgIpc) is 3.33. The van der Waals surface area contributed by atoms with Gasteiger partial charge in [-0.2, -0.15) is 5.10 Å². The monoisotopic (exact) mass is 432 g/mol.